The maximum Gasteiger partial charge on any atom is 0.233 e. The summed E-state index contributed by atoms with van der Waals surface area (Å²) in [6.45, 7) is 25.6. The molecule has 148 heavy (non-hydrogen) atoms. The highest BCUT2D eigenvalue weighted by molar-refractivity contribution is 5.71. The Morgan fingerprint density at radius 3 is 0.642 bits per heavy atom. The molecule has 32 heteroatoms. The number of anilines is 16. The molecule has 0 fully saturated rings. The van der Waals surface area contributed by atoms with Crippen molar-refractivity contribution in [3.05, 3.63) is 318 Å². The molecule has 0 saturated heterocycles. The molecule has 766 valence electrons. The number of fused-ring (bicyclic) bond motifs is 16. The van der Waals surface area contributed by atoms with Crippen molar-refractivity contribution in [3.63, 3.8) is 0 Å². The molecule has 11 aromatic carbocycles. The minimum Gasteiger partial charge on any atom is -0.493 e. The molecule has 32 nitrogen and oxygen atoms in total. The highest BCUT2D eigenvalue weighted by Crippen LogP contribution is 2.46. The third-order valence-electron chi connectivity index (χ3n) is 25.2. The number of nitrogens with one attached hydrogen (secondary N) is 8. The van der Waals surface area contributed by atoms with Crippen LogP contribution in [0.15, 0.2) is 206 Å². The SMILES string of the molecule is CCCOc1c2cccc1Cc1cc(Nc3nc(N)nc(N[C@@H](C)c4ccccc4)n3)cc(c1OCCC)Cc1cccc(c1OCCC)Cc1cc(Nc3nc(N)nc(NCc4cccc(CNc5nc(N)nc(Nc6cc7c(OCCC)c(c6)Cc6cccc(c6OCCC)Cc6cc(Nc8nc(N)nc(N[C@@H](C)c9ccccc9)n8)cc(c6OCCC)Cc6cccc(c6OCCC)C7)n5)c4)n3)cc(c1OCCC)C2. The van der Waals surface area contributed by atoms with Crippen molar-refractivity contribution in [2.75, 3.05) is 118 Å². The number of aromatic nitrogens is 12. The van der Waals surface area contributed by atoms with Crippen LogP contribution in [0.3, 0.4) is 0 Å². The van der Waals surface area contributed by atoms with E-state index in [1.54, 1.807) is 0 Å². The first-order valence-electron chi connectivity index (χ1n) is 51.7. The number of hydrogen-bond donors (Lipinski definition) is 12. The van der Waals surface area contributed by atoms with Crippen molar-refractivity contribution in [3.8, 4) is 46.0 Å². The maximum absolute atomic E-state index is 6.99. The van der Waals surface area contributed by atoms with E-state index in [9.17, 15) is 0 Å². The van der Waals surface area contributed by atoms with Gasteiger partial charge >= 0.3 is 0 Å². The lowest BCUT2D eigenvalue weighted by molar-refractivity contribution is 0.304. The Bertz CT molecular complexity index is 6460. The van der Waals surface area contributed by atoms with Gasteiger partial charge < -0.3 is 103 Å². The number of hydrogen-bond acceptors (Lipinski definition) is 32. The fourth-order valence-electron chi connectivity index (χ4n) is 18.6. The van der Waals surface area contributed by atoms with Gasteiger partial charge in [0.25, 0.3) is 0 Å². The number of para-hydroxylation sites is 4. The lowest BCUT2D eigenvalue weighted by atomic mass is 9.90. The van der Waals surface area contributed by atoms with E-state index in [2.05, 4.69) is 293 Å². The van der Waals surface area contributed by atoms with Crippen LogP contribution in [0, 0.1) is 0 Å². The summed E-state index contributed by atoms with van der Waals surface area (Å²) in [5, 5.41) is 28.0. The predicted octanol–water partition coefficient (Wildman–Crippen LogP) is 23.0. The molecule has 4 heterocycles. The fraction of sp³-hybridized carbons (Fsp3) is 0.328. The highest BCUT2D eigenvalue weighted by Gasteiger charge is 2.30. The van der Waals surface area contributed by atoms with Crippen molar-refractivity contribution in [2.45, 2.75) is 197 Å². The molecule has 4 aromatic heterocycles. The molecule has 0 amide bonds. The number of nitrogens with two attached hydrogens (primary N) is 4. The van der Waals surface area contributed by atoms with E-state index in [4.69, 9.17) is 90.7 Å². The average Bonchev–Trinajstić information content (AvgIpc) is 0.774. The topological polar surface area (TPSA) is 429 Å². The van der Waals surface area contributed by atoms with Gasteiger partial charge in [0.05, 0.1) is 64.9 Å². The Balaban J connectivity index is 0.639. The zero-order chi connectivity index (χ0) is 103. The van der Waals surface area contributed by atoms with Gasteiger partial charge in [-0.1, -0.05) is 213 Å². The number of rotatable bonds is 44. The van der Waals surface area contributed by atoms with Crippen LogP contribution in [-0.4, -0.2) is 113 Å². The van der Waals surface area contributed by atoms with E-state index in [1.807, 2.05) is 54.6 Å². The van der Waals surface area contributed by atoms with Crippen molar-refractivity contribution < 1.29 is 37.9 Å². The molecule has 0 aliphatic heterocycles. The zero-order valence-electron chi connectivity index (χ0n) is 86.1. The van der Waals surface area contributed by atoms with Crippen molar-refractivity contribution >= 4 is 94.1 Å². The second-order valence-corrected chi connectivity index (χ2v) is 37.3. The molecule has 0 radical (unpaired) electrons. The van der Waals surface area contributed by atoms with Gasteiger partial charge in [-0.05, 0) is 181 Å². The summed E-state index contributed by atoms with van der Waals surface area (Å²) in [4.78, 5) is 56.5. The number of nitrogens with zero attached hydrogens (tertiary/aromatic N) is 12. The second-order valence-electron chi connectivity index (χ2n) is 37.3. The number of benzene rings is 11. The molecule has 17 rings (SSSR count). The molecule has 2 aliphatic rings. The summed E-state index contributed by atoms with van der Waals surface area (Å²) in [5.41, 5.74) is 48.3. The molecule has 2 atom stereocenters. The van der Waals surface area contributed by atoms with E-state index in [-0.39, 0.29) is 71.6 Å². The molecule has 0 spiro atoms. The van der Waals surface area contributed by atoms with Gasteiger partial charge in [0, 0.05) is 132 Å². The third kappa shape index (κ3) is 26.6. The van der Waals surface area contributed by atoms with E-state index in [1.165, 1.54) is 0 Å². The van der Waals surface area contributed by atoms with Gasteiger partial charge in [-0.25, -0.2) is 0 Å². The smallest absolute Gasteiger partial charge is 0.233 e. The predicted molar refractivity (Wildman–Crippen MR) is 588 cm³/mol. The normalized spacial score (nSPS) is 12.4. The summed E-state index contributed by atoms with van der Waals surface area (Å²) in [6, 6.07) is 70.6. The van der Waals surface area contributed by atoms with Crippen LogP contribution < -0.4 is 103 Å². The highest BCUT2D eigenvalue weighted by atomic mass is 16.5. The first-order chi connectivity index (χ1) is 72.3. The van der Waals surface area contributed by atoms with Crippen molar-refractivity contribution in [1.82, 2.24) is 59.8 Å². The standard InChI is InChI=1S/C116H134N24O8/c1-11-44-141-97-77-36-26-40-81(97)57-89-65-95(127-115-135-107(119)131-111(139-115)123-71(9)75-32-21-19-22-33-75)66-90(103(89)147-50-17-7)58-82-41-27-37-78(98(82)142-45-12-2)54-86-62-93(61-85(53-77)101(86)145-48-15-5)125-113-133-105(117)129-109(137-113)121-69-73-30-25-31-74(52-73)70-122-110-130-106(118)134-114(138-110)126-94-63-87-55-79-38-28-42-83(99(79)143-46-13-3)59-91-67-96(128-116-136-108(120)132-112(140-116)124-72(10)76-34-23-20-24-35-76)68-92(104(91)148-51-18-8)60-84-43-29-39-80(100(84)144-47-14-4)56-88(64-94)102(87)146-49-16-6/h19-43,52,61-68,71-72H,11-18,44-51,53-60,69-70H2,1-10H3,(H4,117,121,125,129,133,137)(H4,118,122,126,130,134,138)(H4,119,123,127,131,135,139)(H4,120,124,128,132,136,140)/t71-,72-/m0/s1. The van der Waals surface area contributed by atoms with Crippen LogP contribution in [0.2, 0.25) is 0 Å². The minimum atomic E-state index is -0.118. The molecule has 2 aliphatic carbocycles. The van der Waals surface area contributed by atoms with Crippen LogP contribution in [-0.2, 0) is 64.5 Å². The summed E-state index contributed by atoms with van der Waals surface area (Å²) < 4.78 is 55.7. The monoisotopic (exact) mass is 1990 g/mol. The van der Waals surface area contributed by atoms with Crippen LogP contribution in [0.25, 0.3) is 0 Å². The van der Waals surface area contributed by atoms with Gasteiger partial charge in [0.2, 0.25) is 71.4 Å². The lowest BCUT2D eigenvalue weighted by Gasteiger charge is -2.24. The first-order valence-corrected chi connectivity index (χ1v) is 51.7. The molecular weight excluding hydrogens is 1860 g/mol. The van der Waals surface area contributed by atoms with Crippen LogP contribution >= 0.6 is 0 Å². The molecule has 15 aromatic rings. The fourth-order valence-corrected chi connectivity index (χ4v) is 18.6. The minimum absolute atomic E-state index is 0.0154. The van der Waals surface area contributed by atoms with Crippen molar-refractivity contribution in [1.29, 1.82) is 0 Å². The van der Waals surface area contributed by atoms with Gasteiger partial charge in [0.15, 0.2) is 0 Å². The van der Waals surface area contributed by atoms with E-state index in [0.717, 1.165) is 220 Å². The van der Waals surface area contributed by atoms with Gasteiger partial charge in [-0.2, -0.15) is 59.8 Å². The second kappa shape index (κ2) is 49.8. The van der Waals surface area contributed by atoms with Crippen LogP contribution in [0.1, 0.15) is 244 Å². The molecule has 16 N–H and O–H groups in total. The Morgan fingerprint density at radius 2 is 0.419 bits per heavy atom. The largest absolute Gasteiger partial charge is 0.493 e. The molecular formula is C116H134N24O8. The number of nitrogen functional groups attached to an aromatic ring is 4. The van der Waals surface area contributed by atoms with Crippen LogP contribution in [0.5, 0.6) is 46.0 Å². The average molecular weight is 1990 g/mol. The number of ether oxygens (including phenoxy) is 8. The quantitative estimate of drug-likeness (QED) is 0.0169. The maximum atomic E-state index is 6.99. The molecule has 0 saturated carbocycles. The Kier molecular flexibility index (Phi) is 34.6. The molecule has 0 unspecified atom stereocenters. The van der Waals surface area contributed by atoms with Gasteiger partial charge in [-0.3, -0.25) is 0 Å². The van der Waals surface area contributed by atoms with E-state index < -0.39 is 0 Å². The van der Waals surface area contributed by atoms with Gasteiger partial charge in [0.1, 0.15) is 46.0 Å². The summed E-state index contributed by atoms with van der Waals surface area (Å²) in [5.74, 6) is 8.61. The van der Waals surface area contributed by atoms with E-state index >= 15 is 0 Å². The lowest BCUT2D eigenvalue weighted by Crippen LogP contribution is -2.13. The van der Waals surface area contributed by atoms with Gasteiger partial charge in [-0.15, -0.1) is 0 Å². The Labute approximate surface area is 865 Å². The Hall–Kier alpha value is -16.5. The summed E-state index contributed by atoms with van der Waals surface area (Å²) in [7, 11) is 0. The first kappa shape index (κ1) is 103. The molecule has 16 bridgehead atoms. The zero-order valence-corrected chi connectivity index (χ0v) is 86.1. The Morgan fingerprint density at radius 1 is 0.223 bits per heavy atom. The third-order valence-corrected chi connectivity index (χ3v) is 25.2. The summed E-state index contributed by atoms with van der Waals surface area (Å²) in [6.07, 6.45) is 9.72. The van der Waals surface area contributed by atoms with Crippen LogP contribution in [0.4, 0.5) is 94.1 Å². The summed E-state index contributed by atoms with van der Waals surface area (Å²) >= 11 is 0. The van der Waals surface area contributed by atoms with Crippen molar-refractivity contribution in [2.24, 2.45) is 0 Å². The van der Waals surface area contributed by atoms with E-state index in [0.29, 0.717) is 141 Å².